The van der Waals surface area contributed by atoms with Crippen LogP contribution in [0.25, 0.3) is 0 Å². The second-order valence-corrected chi connectivity index (χ2v) is 5.94. The maximum absolute atomic E-state index is 11.3. The lowest BCUT2D eigenvalue weighted by molar-refractivity contribution is -0.133. The predicted molar refractivity (Wildman–Crippen MR) is 66.9 cm³/mol. The zero-order chi connectivity index (χ0) is 12.5. The molecule has 2 nitrogen and oxygen atoms in total. The van der Waals surface area contributed by atoms with Crippen LogP contribution in [-0.2, 0) is 4.79 Å². The van der Waals surface area contributed by atoms with Gasteiger partial charge in [-0.15, -0.1) is 0 Å². The number of hydrogen-bond acceptors (Lipinski definition) is 2. The first kappa shape index (κ1) is 13.9. The molecule has 6 heteroatoms. The van der Waals surface area contributed by atoms with Crippen LogP contribution in [0.4, 0.5) is 0 Å². The summed E-state index contributed by atoms with van der Waals surface area (Å²) in [5.41, 5.74) is 1.91. The van der Waals surface area contributed by atoms with Crippen LogP contribution >= 0.6 is 46.4 Å². The summed E-state index contributed by atoms with van der Waals surface area (Å²) < 4.78 is 2.77. The van der Waals surface area contributed by atoms with Crippen molar-refractivity contribution in [3.8, 4) is 5.75 Å². The number of hydrogen-bond donors (Lipinski definition) is 0. The number of ether oxygens (including phenoxy) is 1. The molecule has 0 amide bonds. The molecule has 0 aromatic heterocycles. The molecule has 16 heavy (non-hydrogen) atoms. The molecule has 88 valence electrons. The second-order valence-electron chi connectivity index (χ2n) is 3.25. The van der Waals surface area contributed by atoms with Crippen molar-refractivity contribution in [3.05, 3.63) is 28.3 Å². The summed E-state index contributed by atoms with van der Waals surface area (Å²) in [6, 6.07) is 3.30. The summed E-state index contributed by atoms with van der Waals surface area (Å²) in [6.45, 7) is 3.75. The molecule has 0 aliphatic heterocycles. The molecule has 0 bridgehead atoms. The average molecular weight is 302 g/mol. The molecule has 0 heterocycles. The van der Waals surface area contributed by atoms with E-state index in [1.807, 2.05) is 13.8 Å². The van der Waals surface area contributed by atoms with Gasteiger partial charge in [0.15, 0.2) is 0 Å². The van der Waals surface area contributed by atoms with E-state index in [4.69, 9.17) is 51.1 Å². The van der Waals surface area contributed by atoms with Crippen molar-refractivity contribution >= 4 is 52.4 Å². The van der Waals surface area contributed by atoms with Crippen LogP contribution < -0.4 is 4.74 Å². The van der Waals surface area contributed by atoms with Crippen LogP contribution in [0, 0.1) is 13.8 Å². The molecule has 1 aromatic rings. The van der Waals surface area contributed by atoms with Crippen LogP contribution in [0.1, 0.15) is 11.1 Å². The standard InChI is InChI=1S/C10H8Cl4O2/c1-5-3-7(11)8(4-6(5)2)16-9(15)10(12,13)14/h3-4H,1-2H3. The number of alkyl halides is 3. The van der Waals surface area contributed by atoms with Crippen molar-refractivity contribution in [2.75, 3.05) is 0 Å². The van der Waals surface area contributed by atoms with E-state index < -0.39 is 9.76 Å². The third-order valence-electron chi connectivity index (χ3n) is 1.98. The largest absolute Gasteiger partial charge is 0.422 e. The van der Waals surface area contributed by atoms with Gasteiger partial charge < -0.3 is 4.74 Å². The van der Waals surface area contributed by atoms with Crippen LogP contribution in [0.15, 0.2) is 12.1 Å². The SMILES string of the molecule is Cc1cc(Cl)c(OC(=O)C(Cl)(Cl)Cl)cc1C. The molecule has 0 saturated carbocycles. The van der Waals surface area contributed by atoms with Gasteiger partial charge in [-0.2, -0.15) is 0 Å². The van der Waals surface area contributed by atoms with E-state index in [1.165, 1.54) is 0 Å². The molecule has 0 spiro atoms. The highest BCUT2D eigenvalue weighted by molar-refractivity contribution is 6.75. The van der Waals surface area contributed by atoms with Crippen LogP contribution in [0.5, 0.6) is 5.75 Å². The zero-order valence-electron chi connectivity index (χ0n) is 8.48. The van der Waals surface area contributed by atoms with Gasteiger partial charge in [0.1, 0.15) is 5.75 Å². The van der Waals surface area contributed by atoms with Gasteiger partial charge in [0.05, 0.1) is 5.02 Å². The van der Waals surface area contributed by atoms with Gasteiger partial charge in [-0.05, 0) is 37.1 Å². The Kier molecular flexibility index (Phi) is 4.35. The molecule has 1 aromatic carbocycles. The van der Waals surface area contributed by atoms with E-state index in [0.29, 0.717) is 5.02 Å². The Hall–Kier alpha value is -0.150. The van der Waals surface area contributed by atoms with Crippen molar-refractivity contribution in [1.82, 2.24) is 0 Å². The number of esters is 1. The molecule has 0 aliphatic rings. The van der Waals surface area contributed by atoms with Gasteiger partial charge in [0.2, 0.25) is 0 Å². The van der Waals surface area contributed by atoms with Crippen molar-refractivity contribution in [1.29, 1.82) is 0 Å². The number of rotatable bonds is 1. The number of benzene rings is 1. The van der Waals surface area contributed by atoms with Crippen molar-refractivity contribution < 1.29 is 9.53 Å². The lowest BCUT2D eigenvalue weighted by Gasteiger charge is -2.12. The van der Waals surface area contributed by atoms with Gasteiger partial charge in [-0.3, -0.25) is 0 Å². The van der Waals surface area contributed by atoms with Gasteiger partial charge in [0.25, 0.3) is 3.79 Å². The molecule has 0 aliphatic carbocycles. The maximum atomic E-state index is 11.3. The van der Waals surface area contributed by atoms with Crippen LogP contribution in [0.3, 0.4) is 0 Å². The molecular formula is C10H8Cl4O2. The third-order valence-corrected chi connectivity index (χ3v) is 2.74. The lowest BCUT2D eigenvalue weighted by atomic mass is 10.1. The Balaban J connectivity index is 2.99. The van der Waals surface area contributed by atoms with E-state index in [2.05, 4.69) is 0 Å². The molecule has 0 fully saturated rings. The summed E-state index contributed by atoms with van der Waals surface area (Å²) >= 11 is 22.0. The first-order valence-electron chi connectivity index (χ1n) is 4.27. The summed E-state index contributed by atoms with van der Waals surface area (Å²) in [6.07, 6.45) is 0. The zero-order valence-corrected chi connectivity index (χ0v) is 11.5. The molecule has 1 rings (SSSR count). The van der Waals surface area contributed by atoms with Crippen molar-refractivity contribution in [2.45, 2.75) is 17.6 Å². The Morgan fingerprint density at radius 2 is 1.69 bits per heavy atom. The fourth-order valence-electron chi connectivity index (χ4n) is 0.990. The number of carbonyl (C=O) groups excluding carboxylic acids is 1. The summed E-state index contributed by atoms with van der Waals surface area (Å²) in [5, 5.41) is 0.297. The fourth-order valence-corrected chi connectivity index (χ4v) is 1.36. The summed E-state index contributed by atoms with van der Waals surface area (Å²) in [4.78, 5) is 11.3. The van der Waals surface area contributed by atoms with E-state index in [0.717, 1.165) is 11.1 Å². The highest BCUT2D eigenvalue weighted by Crippen LogP contribution is 2.32. The van der Waals surface area contributed by atoms with E-state index in [9.17, 15) is 4.79 Å². The average Bonchev–Trinajstić information content (AvgIpc) is 2.12. The lowest BCUT2D eigenvalue weighted by Crippen LogP contribution is -2.24. The van der Waals surface area contributed by atoms with Gasteiger partial charge in [-0.1, -0.05) is 46.4 Å². The van der Waals surface area contributed by atoms with E-state index >= 15 is 0 Å². The van der Waals surface area contributed by atoms with Gasteiger partial charge in [-0.25, -0.2) is 4.79 Å². The van der Waals surface area contributed by atoms with Crippen LogP contribution in [-0.4, -0.2) is 9.76 Å². The molecule has 0 radical (unpaired) electrons. The number of carbonyl (C=O) groups is 1. The van der Waals surface area contributed by atoms with Crippen molar-refractivity contribution in [2.24, 2.45) is 0 Å². The molecule has 0 saturated heterocycles. The molecule has 0 atom stereocenters. The van der Waals surface area contributed by atoms with Gasteiger partial charge >= 0.3 is 5.97 Å². The number of halogens is 4. The Morgan fingerprint density at radius 1 is 1.19 bits per heavy atom. The topological polar surface area (TPSA) is 26.3 Å². The number of aryl methyl sites for hydroxylation is 2. The third kappa shape index (κ3) is 3.42. The molecule has 0 unspecified atom stereocenters. The Morgan fingerprint density at radius 3 is 2.19 bits per heavy atom. The summed E-state index contributed by atoms with van der Waals surface area (Å²) in [7, 11) is 0. The maximum Gasteiger partial charge on any atom is 0.363 e. The Labute approximate surface area is 113 Å². The van der Waals surface area contributed by atoms with Gasteiger partial charge in [0, 0.05) is 0 Å². The molecule has 0 N–H and O–H groups in total. The minimum Gasteiger partial charge on any atom is -0.422 e. The Bertz CT molecular complexity index is 424. The van der Waals surface area contributed by atoms with E-state index in [-0.39, 0.29) is 5.75 Å². The smallest absolute Gasteiger partial charge is 0.363 e. The van der Waals surface area contributed by atoms with Crippen LogP contribution in [0.2, 0.25) is 5.02 Å². The second kappa shape index (κ2) is 5.01. The minimum atomic E-state index is -2.11. The van der Waals surface area contributed by atoms with E-state index in [1.54, 1.807) is 12.1 Å². The predicted octanol–water partition coefficient (Wildman–Crippen LogP) is 4.23. The quantitative estimate of drug-likeness (QED) is 0.441. The minimum absolute atomic E-state index is 0.182. The first-order chi connectivity index (χ1) is 7.21. The monoisotopic (exact) mass is 300 g/mol. The highest BCUT2D eigenvalue weighted by Gasteiger charge is 2.33. The fraction of sp³-hybridized carbons (Fsp3) is 0.300. The van der Waals surface area contributed by atoms with Crippen molar-refractivity contribution in [3.63, 3.8) is 0 Å². The summed E-state index contributed by atoms with van der Waals surface area (Å²) in [5.74, 6) is -0.802. The molecular weight excluding hydrogens is 294 g/mol. The first-order valence-corrected chi connectivity index (χ1v) is 5.78. The highest BCUT2D eigenvalue weighted by atomic mass is 35.6. The normalized spacial score (nSPS) is 11.4.